The van der Waals surface area contributed by atoms with Gasteiger partial charge in [0.15, 0.2) is 0 Å². The van der Waals surface area contributed by atoms with E-state index in [0.29, 0.717) is 12.1 Å². The smallest absolute Gasteiger partial charge is 0.337 e. The zero-order chi connectivity index (χ0) is 27.2. The van der Waals surface area contributed by atoms with E-state index in [1.807, 2.05) is 6.07 Å². The number of rotatable bonds is 6. The summed E-state index contributed by atoms with van der Waals surface area (Å²) in [6.07, 6.45) is 2.98. The van der Waals surface area contributed by atoms with E-state index >= 15 is 0 Å². The molecule has 2 aromatic rings. The first kappa shape index (κ1) is 26.6. The molecule has 2 aliphatic rings. The number of benzene rings is 2. The molecule has 11 nitrogen and oxygen atoms in total. The third kappa shape index (κ3) is 5.93. The zero-order valence-corrected chi connectivity index (χ0v) is 21.2. The number of fused-ring (bicyclic) bond motifs is 1. The second kappa shape index (κ2) is 11.8. The summed E-state index contributed by atoms with van der Waals surface area (Å²) >= 11 is 0. The van der Waals surface area contributed by atoms with E-state index in [1.54, 1.807) is 24.3 Å². The summed E-state index contributed by atoms with van der Waals surface area (Å²) in [5, 5.41) is 8.47. The van der Waals surface area contributed by atoms with E-state index < -0.39 is 35.8 Å². The van der Waals surface area contributed by atoms with Crippen LogP contribution in [0.2, 0.25) is 0 Å². The van der Waals surface area contributed by atoms with Crippen molar-refractivity contribution in [3.8, 4) is 0 Å². The number of amides is 4. The number of hydrogen-bond acceptors (Lipinski definition) is 7. The van der Waals surface area contributed by atoms with E-state index in [9.17, 15) is 24.0 Å². The van der Waals surface area contributed by atoms with Gasteiger partial charge in [0.05, 0.1) is 37.8 Å². The lowest BCUT2D eigenvalue weighted by Crippen LogP contribution is -2.68. The Balaban J connectivity index is 1.57. The van der Waals surface area contributed by atoms with E-state index in [0.717, 1.165) is 19.3 Å². The highest BCUT2D eigenvalue weighted by Gasteiger charge is 2.46. The highest BCUT2D eigenvalue weighted by Crippen LogP contribution is 2.30. The van der Waals surface area contributed by atoms with E-state index in [-0.39, 0.29) is 35.3 Å². The molecule has 0 unspecified atom stereocenters. The Morgan fingerprint density at radius 2 is 1.53 bits per heavy atom. The Morgan fingerprint density at radius 3 is 2.16 bits per heavy atom. The third-order valence-electron chi connectivity index (χ3n) is 6.75. The van der Waals surface area contributed by atoms with E-state index in [2.05, 4.69) is 16.0 Å². The summed E-state index contributed by atoms with van der Waals surface area (Å²) in [7, 11) is 2.39. The molecule has 0 bridgehead atoms. The number of urea groups is 1. The normalized spacial score (nSPS) is 20.4. The van der Waals surface area contributed by atoms with Gasteiger partial charge in [0, 0.05) is 17.4 Å². The highest BCUT2D eigenvalue weighted by molar-refractivity contribution is 6.02. The lowest BCUT2D eigenvalue weighted by Gasteiger charge is -2.47. The third-order valence-corrected chi connectivity index (χ3v) is 6.75. The maximum Gasteiger partial charge on any atom is 0.337 e. The van der Waals surface area contributed by atoms with Crippen molar-refractivity contribution in [3.05, 3.63) is 59.7 Å². The molecule has 3 atom stereocenters. The molecular weight excluding hydrogens is 492 g/mol. The minimum absolute atomic E-state index is 0.0371. The molecule has 1 aliphatic carbocycles. The van der Waals surface area contributed by atoms with Crippen molar-refractivity contribution in [1.29, 1.82) is 0 Å². The number of anilines is 2. The van der Waals surface area contributed by atoms with Crippen LogP contribution in [0, 0.1) is 0 Å². The number of carbonyl (C=O) groups excluding carboxylic acids is 5. The van der Waals surface area contributed by atoms with Crippen molar-refractivity contribution in [2.75, 3.05) is 24.9 Å². The van der Waals surface area contributed by atoms with Crippen LogP contribution in [0.25, 0.3) is 0 Å². The number of hydrogen-bond donors (Lipinski definition) is 3. The summed E-state index contributed by atoms with van der Waals surface area (Å²) in [6, 6.07) is 11.0. The maximum absolute atomic E-state index is 13.4. The Bertz CT molecular complexity index is 1200. The van der Waals surface area contributed by atoms with Crippen molar-refractivity contribution in [3.63, 3.8) is 0 Å². The Morgan fingerprint density at radius 1 is 0.895 bits per heavy atom. The molecule has 0 radical (unpaired) electrons. The Labute approximate surface area is 219 Å². The first-order valence-electron chi connectivity index (χ1n) is 12.4. The summed E-state index contributed by atoms with van der Waals surface area (Å²) in [5.74, 6) is -2.39. The SMILES string of the molecule is COC(=O)c1cc(NC(=O)C[C@@H]2C(=O)N[C@H]3CCCC[C@@H]3N2C(=O)Nc2ccccc2)cc(C(=O)OC)c1. The Hall–Kier alpha value is -4.41. The Kier molecular flexibility index (Phi) is 8.25. The molecule has 0 spiro atoms. The van der Waals surface area contributed by atoms with Gasteiger partial charge in [0.2, 0.25) is 11.8 Å². The lowest BCUT2D eigenvalue weighted by atomic mass is 9.85. The van der Waals surface area contributed by atoms with Crippen LogP contribution in [-0.4, -0.2) is 67.0 Å². The van der Waals surface area contributed by atoms with Crippen molar-refractivity contribution in [2.24, 2.45) is 0 Å². The molecule has 1 aliphatic heterocycles. The van der Waals surface area contributed by atoms with Gasteiger partial charge in [-0.2, -0.15) is 0 Å². The van der Waals surface area contributed by atoms with Gasteiger partial charge in [-0.25, -0.2) is 14.4 Å². The van der Waals surface area contributed by atoms with Gasteiger partial charge in [-0.1, -0.05) is 31.0 Å². The molecule has 38 heavy (non-hydrogen) atoms. The summed E-state index contributed by atoms with van der Waals surface area (Å²) in [4.78, 5) is 65.3. The van der Waals surface area contributed by atoms with Crippen molar-refractivity contribution >= 4 is 41.2 Å². The van der Waals surface area contributed by atoms with Crippen LogP contribution in [-0.2, 0) is 19.1 Å². The molecule has 2 aromatic carbocycles. The van der Waals surface area contributed by atoms with Gasteiger partial charge in [-0.3, -0.25) is 9.59 Å². The van der Waals surface area contributed by atoms with Crippen molar-refractivity contribution in [2.45, 2.75) is 50.2 Å². The molecule has 1 saturated heterocycles. The van der Waals surface area contributed by atoms with Crippen LogP contribution in [0.4, 0.5) is 16.2 Å². The van der Waals surface area contributed by atoms with Crippen LogP contribution in [0.1, 0.15) is 52.8 Å². The van der Waals surface area contributed by atoms with Gasteiger partial charge in [-0.05, 0) is 43.2 Å². The van der Waals surface area contributed by atoms with E-state index in [1.165, 1.54) is 37.3 Å². The van der Waals surface area contributed by atoms with Crippen LogP contribution in [0.5, 0.6) is 0 Å². The molecule has 1 heterocycles. The summed E-state index contributed by atoms with van der Waals surface area (Å²) < 4.78 is 9.46. The standard InChI is InChI=1S/C27H30N4O7/c1-37-25(34)16-12-17(26(35)38-2)14-19(13-16)28-23(32)15-22-24(33)30-20-10-6-7-11-21(20)31(22)27(36)29-18-8-4-3-5-9-18/h3-5,8-9,12-14,20-22H,6-7,10-11,15H2,1-2H3,(H,28,32)(H,29,36)(H,30,33)/t20-,21-,22+/m0/s1. The van der Waals surface area contributed by atoms with Gasteiger partial charge in [0.1, 0.15) is 6.04 Å². The molecule has 11 heteroatoms. The van der Waals surface area contributed by atoms with Gasteiger partial charge >= 0.3 is 18.0 Å². The molecule has 2 fully saturated rings. The molecule has 4 amide bonds. The molecular formula is C27H30N4O7. The molecule has 200 valence electrons. The summed E-state index contributed by atoms with van der Waals surface area (Å²) in [5.41, 5.74) is 0.796. The summed E-state index contributed by atoms with van der Waals surface area (Å²) in [6.45, 7) is 0. The van der Waals surface area contributed by atoms with Crippen molar-refractivity contribution < 1.29 is 33.4 Å². The predicted molar refractivity (Wildman–Crippen MR) is 138 cm³/mol. The quantitative estimate of drug-likeness (QED) is 0.495. The number of carbonyl (C=O) groups is 5. The van der Waals surface area contributed by atoms with Crippen LogP contribution < -0.4 is 16.0 Å². The fourth-order valence-electron chi connectivity index (χ4n) is 5.00. The zero-order valence-electron chi connectivity index (χ0n) is 21.2. The lowest BCUT2D eigenvalue weighted by molar-refractivity contribution is -0.135. The average molecular weight is 523 g/mol. The van der Waals surface area contributed by atoms with Gasteiger partial charge < -0.3 is 30.3 Å². The number of ether oxygens (including phenoxy) is 2. The molecule has 1 saturated carbocycles. The number of nitrogens with zero attached hydrogens (tertiary/aromatic N) is 1. The van der Waals surface area contributed by atoms with Crippen LogP contribution in [0.3, 0.4) is 0 Å². The number of esters is 2. The van der Waals surface area contributed by atoms with Crippen molar-refractivity contribution in [1.82, 2.24) is 10.2 Å². The number of para-hydroxylation sites is 1. The predicted octanol–water partition coefficient (Wildman–Crippen LogP) is 2.93. The largest absolute Gasteiger partial charge is 0.465 e. The minimum atomic E-state index is -1.05. The number of piperazine rings is 1. The first-order valence-corrected chi connectivity index (χ1v) is 12.4. The average Bonchev–Trinajstić information content (AvgIpc) is 2.92. The number of nitrogens with one attached hydrogen (secondary N) is 3. The fourth-order valence-corrected chi connectivity index (χ4v) is 5.00. The second-order valence-electron chi connectivity index (χ2n) is 9.22. The van der Waals surface area contributed by atoms with Crippen LogP contribution in [0.15, 0.2) is 48.5 Å². The van der Waals surface area contributed by atoms with Gasteiger partial charge in [-0.15, -0.1) is 0 Å². The minimum Gasteiger partial charge on any atom is -0.465 e. The highest BCUT2D eigenvalue weighted by atomic mass is 16.5. The fraction of sp³-hybridized carbons (Fsp3) is 0.370. The van der Waals surface area contributed by atoms with Gasteiger partial charge in [0.25, 0.3) is 0 Å². The maximum atomic E-state index is 13.4. The van der Waals surface area contributed by atoms with E-state index in [4.69, 9.17) is 9.47 Å². The molecule has 3 N–H and O–H groups in total. The topological polar surface area (TPSA) is 143 Å². The molecule has 0 aromatic heterocycles. The second-order valence-corrected chi connectivity index (χ2v) is 9.22. The molecule has 4 rings (SSSR count). The number of methoxy groups -OCH3 is 2. The first-order chi connectivity index (χ1) is 18.3. The monoisotopic (exact) mass is 522 g/mol. The van der Waals surface area contributed by atoms with Crippen LogP contribution >= 0.6 is 0 Å².